The second kappa shape index (κ2) is 4.65. The number of anilines is 1. The Morgan fingerprint density at radius 3 is 2.29 bits per heavy atom. The molecule has 0 bridgehead atoms. The van der Waals surface area contributed by atoms with Crippen molar-refractivity contribution in [1.82, 2.24) is 4.90 Å². The van der Waals surface area contributed by atoms with Gasteiger partial charge in [-0.05, 0) is 24.3 Å². The molecule has 0 radical (unpaired) electrons. The van der Waals surface area contributed by atoms with Crippen molar-refractivity contribution in [1.29, 1.82) is 0 Å². The number of benzene rings is 1. The molecule has 0 saturated heterocycles. The second-order valence-electron chi connectivity index (χ2n) is 3.37. The van der Waals surface area contributed by atoms with Gasteiger partial charge in [-0.2, -0.15) is 0 Å². The maximum Gasteiger partial charge on any atom is 0.104 e. The van der Waals surface area contributed by atoms with Crippen LogP contribution in [0.15, 0.2) is 29.3 Å². The summed E-state index contributed by atoms with van der Waals surface area (Å²) in [7, 11) is 4.00. The van der Waals surface area contributed by atoms with Gasteiger partial charge in [-0.1, -0.05) is 6.92 Å². The highest BCUT2D eigenvalue weighted by atomic mass is 15.1. The van der Waals surface area contributed by atoms with Gasteiger partial charge in [0.2, 0.25) is 0 Å². The van der Waals surface area contributed by atoms with Gasteiger partial charge in [0, 0.05) is 26.2 Å². The fourth-order valence-corrected chi connectivity index (χ4v) is 1.19. The highest BCUT2D eigenvalue weighted by molar-refractivity contribution is 5.84. The van der Waals surface area contributed by atoms with Gasteiger partial charge in [-0.25, -0.2) is 4.99 Å². The largest absolute Gasteiger partial charge is 0.399 e. The van der Waals surface area contributed by atoms with Gasteiger partial charge >= 0.3 is 0 Å². The first-order valence-corrected chi connectivity index (χ1v) is 4.74. The van der Waals surface area contributed by atoms with Crippen LogP contribution in [0.3, 0.4) is 0 Å². The Balaban J connectivity index is 2.89. The van der Waals surface area contributed by atoms with E-state index in [0.29, 0.717) is 0 Å². The topological polar surface area (TPSA) is 41.6 Å². The van der Waals surface area contributed by atoms with Crippen molar-refractivity contribution in [3.8, 4) is 0 Å². The van der Waals surface area contributed by atoms with E-state index in [1.54, 1.807) is 0 Å². The van der Waals surface area contributed by atoms with E-state index in [9.17, 15) is 0 Å². The van der Waals surface area contributed by atoms with E-state index in [1.807, 2.05) is 43.3 Å². The van der Waals surface area contributed by atoms with E-state index < -0.39 is 0 Å². The summed E-state index contributed by atoms with van der Waals surface area (Å²) in [5.74, 6) is 1.06. The number of amidine groups is 1. The van der Waals surface area contributed by atoms with Crippen LogP contribution >= 0.6 is 0 Å². The molecule has 0 aromatic heterocycles. The first-order valence-electron chi connectivity index (χ1n) is 4.74. The molecule has 0 aliphatic rings. The molecule has 0 spiro atoms. The molecule has 0 amide bonds. The molecular weight excluding hydrogens is 174 g/mol. The van der Waals surface area contributed by atoms with Crippen LogP contribution in [0, 0.1) is 0 Å². The molecule has 0 saturated carbocycles. The van der Waals surface area contributed by atoms with Crippen molar-refractivity contribution in [2.45, 2.75) is 13.3 Å². The second-order valence-corrected chi connectivity index (χ2v) is 3.37. The Bertz CT molecular complexity index is 312. The van der Waals surface area contributed by atoms with Gasteiger partial charge in [0.15, 0.2) is 0 Å². The summed E-state index contributed by atoms with van der Waals surface area (Å²) in [5.41, 5.74) is 7.31. The van der Waals surface area contributed by atoms with Gasteiger partial charge in [-0.3, -0.25) is 0 Å². The molecular formula is C11H17N3. The molecule has 0 fully saturated rings. The summed E-state index contributed by atoms with van der Waals surface area (Å²) in [5, 5.41) is 0. The molecule has 0 heterocycles. The number of nitrogens with zero attached hydrogens (tertiary/aromatic N) is 2. The molecule has 1 aromatic rings. The number of aliphatic imine (C=N–C) groups is 1. The third kappa shape index (κ3) is 2.76. The highest BCUT2D eigenvalue weighted by Gasteiger charge is 1.98. The van der Waals surface area contributed by atoms with E-state index in [-0.39, 0.29) is 0 Å². The summed E-state index contributed by atoms with van der Waals surface area (Å²) in [6, 6.07) is 7.58. The van der Waals surface area contributed by atoms with Crippen LogP contribution in [0.2, 0.25) is 0 Å². The monoisotopic (exact) mass is 191 g/mol. The smallest absolute Gasteiger partial charge is 0.104 e. The minimum absolute atomic E-state index is 0.770. The summed E-state index contributed by atoms with van der Waals surface area (Å²) < 4.78 is 0. The van der Waals surface area contributed by atoms with Crippen molar-refractivity contribution in [2.24, 2.45) is 4.99 Å². The zero-order valence-electron chi connectivity index (χ0n) is 8.99. The molecule has 2 N–H and O–H groups in total. The van der Waals surface area contributed by atoms with Gasteiger partial charge in [0.05, 0.1) is 5.69 Å². The zero-order valence-corrected chi connectivity index (χ0v) is 8.99. The molecule has 0 aliphatic carbocycles. The molecule has 0 unspecified atom stereocenters. The first kappa shape index (κ1) is 10.6. The third-order valence-corrected chi connectivity index (χ3v) is 1.98. The fourth-order valence-electron chi connectivity index (χ4n) is 1.19. The van der Waals surface area contributed by atoms with Crippen molar-refractivity contribution in [2.75, 3.05) is 19.8 Å². The Hall–Kier alpha value is -1.51. The predicted molar refractivity (Wildman–Crippen MR) is 61.9 cm³/mol. The SMILES string of the molecule is CCC(=Nc1ccc(N)cc1)N(C)C. The standard InChI is InChI=1S/C11H17N3/c1-4-11(14(2)3)13-10-7-5-9(12)6-8-10/h5-8H,4,12H2,1-3H3. The van der Waals surface area contributed by atoms with Crippen molar-refractivity contribution in [3.63, 3.8) is 0 Å². The third-order valence-electron chi connectivity index (χ3n) is 1.98. The number of nitrogens with two attached hydrogens (primary N) is 1. The Kier molecular flexibility index (Phi) is 3.51. The quantitative estimate of drug-likeness (QED) is 0.442. The first-order chi connectivity index (χ1) is 6.63. The van der Waals surface area contributed by atoms with Crippen LogP contribution in [-0.2, 0) is 0 Å². The molecule has 0 atom stereocenters. The van der Waals surface area contributed by atoms with E-state index in [0.717, 1.165) is 23.6 Å². The van der Waals surface area contributed by atoms with E-state index >= 15 is 0 Å². The van der Waals surface area contributed by atoms with Crippen molar-refractivity contribution >= 4 is 17.2 Å². The summed E-state index contributed by atoms with van der Waals surface area (Å²) in [4.78, 5) is 6.53. The minimum Gasteiger partial charge on any atom is -0.399 e. The van der Waals surface area contributed by atoms with Gasteiger partial charge in [0.25, 0.3) is 0 Å². The molecule has 0 aliphatic heterocycles. The molecule has 1 rings (SSSR count). The zero-order chi connectivity index (χ0) is 10.6. The normalized spacial score (nSPS) is 11.5. The maximum absolute atomic E-state index is 5.59. The molecule has 14 heavy (non-hydrogen) atoms. The molecule has 3 nitrogen and oxygen atoms in total. The van der Waals surface area contributed by atoms with Crippen LogP contribution in [0.1, 0.15) is 13.3 Å². The van der Waals surface area contributed by atoms with Crippen LogP contribution < -0.4 is 5.73 Å². The van der Waals surface area contributed by atoms with Gasteiger partial charge in [-0.15, -0.1) is 0 Å². The van der Waals surface area contributed by atoms with Crippen molar-refractivity contribution < 1.29 is 0 Å². The number of rotatable bonds is 2. The summed E-state index contributed by atoms with van der Waals surface area (Å²) >= 11 is 0. The lowest BCUT2D eigenvalue weighted by Crippen LogP contribution is -2.20. The average Bonchev–Trinajstić information content (AvgIpc) is 2.16. The van der Waals surface area contributed by atoms with Gasteiger partial charge < -0.3 is 10.6 Å². The number of hydrogen-bond donors (Lipinski definition) is 1. The Labute approximate surface area is 85.3 Å². The number of hydrogen-bond acceptors (Lipinski definition) is 2. The van der Waals surface area contributed by atoms with Crippen LogP contribution in [-0.4, -0.2) is 24.8 Å². The summed E-state index contributed by atoms with van der Waals surface area (Å²) in [6.45, 7) is 2.09. The lowest BCUT2D eigenvalue weighted by molar-refractivity contribution is 0.608. The predicted octanol–water partition coefficient (Wildman–Crippen LogP) is 2.27. The average molecular weight is 191 g/mol. The lowest BCUT2D eigenvalue weighted by Gasteiger charge is -2.13. The van der Waals surface area contributed by atoms with E-state index in [1.165, 1.54) is 0 Å². The summed E-state index contributed by atoms with van der Waals surface area (Å²) in [6.07, 6.45) is 0.928. The highest BCUT2D eigenvalue weighted by Crippen LogP contribution is 2.15. The Morgan fingerprint density at radius 2 is 1.86 bits per heavy atom. The fraction of sp³-hybridized carbons (Fsp3) is 0.364. The van der Waals surface area contributed by atoms with Gasteiger partial charge in [0.1, 0.15) is 5.84 Å². The van der Waals surface area contributed by atoms with Crippen LogP contribution in [0.4, 0.5) is 11.4 Å². The van der Waals surface area contributed by atoms with Crippen molar-refractivity contribution in [3.05, 3.63) is 24.3 Å². The molecule has 3 heteroatoms. The lowest BCUT2D eigenvalue weighted by atomic mass is 10.3. The van der Waals surface area contributed by atoms with Crippen LogP contribution in [0.25, 0.3) is 0 Å². The van der Waals surface area contributed by atoms with E-state index in [2.05, 4.69) is 11.9 Å². The maximum atomic E-state index is 5.59. The minimum atomic E-state index is 0.770. The number of nitrogen functional groups attached to an aromatic ring is 1. The van der Waals surface area contributed by atoms with Crippen LogP contribution in [0.5, 0.6) is 0 Å². The Morgan fingerprint density at radius 1 is 1.29 bits per heavy atom. The molecule has 76 valence electrons. The van der Waals surface area contributed by atoms with E-state index in [4.69, 9.17) is 5.73 Å². The molecule has 1 aromatic carbocycles.